The third kappa shape index (κ3) is 4.81. The Bertz CT molecular complexity index is 1590. The third-order valence-electron chi connectivity index (χ3n) is 6.57. The van der Waals surface area contributed by atoms with Crippen molar-refractivity contribution in [2.24, 2.45) is 0 Å². The van der Waals surface area contributed by atoms with Crippen molar-refractivity contribution in [3.63, 3.8) is 0 Å². The minimum Gasteiger partial charge on any atom is -0.507 e. The largest absolute Gasteiger partial charge is 0.507 e. The van der Waals surface area contributed by atoms with Crippen LogP contribution in [-0.4, -0.2) is 42.6 Å². The number of aromatic nitrogens is 1. The zero-order valence-corrected chi connectivity index (χ0v) is 22.9. The summed E-state index contributed by atoms with van der Waals surface area (Å²) in [4.78, 5) is 33.1. The fourth-order valence-electron chi connectivity index (χ4n) is 4.62. The van der Waals surface area contributed by atoms with Gasteiger partial charge in [-0.15, -0.1) is 0 Å². The molecular weight excluding hydrogens is 516 g/mol. The molecule has 1 fully saturated rings. The maximum Gasteiger partial charge on any atom is 0.301 e. The minimum atomic E-state index is -0.893. The summed E-state index contributed by atoms with van der Waals surface area (Å²) in [6, 6.07) is 16.8. The van der Waals surface area contributed by atoms with Crippen molar-refractivity contribution in [3.05, 3.63) is 82.9 Å². The maximum atomic E-state index is 13.5. The lowest BCUT2D eigenvalue weighted by Gasteiger charge is -2.23. The van der Waals surface area contributed by atoms with Gasteiger partial charge in [0, 0.05) is 5.56 Å². The zero-order chi connectivity index (χ0) is 27.7. The van der Waals surface area contributed by atoms with E-state index in [9.17, 15) is 14.7 Å². The van der Waals surface area contributed by atoms with Crippen LogP contribution in [0.4, 0.5) is 5.13 Å². The summed E-state index contributed by atoms with van der Waals surface area (Å²) in [6.07, 6.45) is 0.867. The van der Waals surface area contributed by atoms with E-state index >= 15 is 0 Å². The van der Waals surface area contributed by atoms with E-state index < -0.39 is 17.7 Å². The van der Waals surface area contributed by atoms with Gasteiger partial charge >= 0.3 is 5.91 Å². The molecule has 1 amide bonds. The lowest BCUT2D eigenvalue weighted by molar-refractivity contribution is -0.132. The number of Topliss-reactive ketones (excluding diaryl/α,β-unsaturated/α-hetero) is 1. The lowest BCUT2D eigenvalue weighted by atomic mass is 9.95. The molecule has 1 saturated heterocycles. The Morgan fingerprint density at radius 2 is 1.74 bits per heavy atom. The van der Waals surface area contributed by atoms with Gasteiger partial charge in [-0.3, -0.25) is 14.5 Å². The predicted octanol–water partition coefficient (Wildman–Crippen LogP) is 6.04. The number of fused-ring (bicyclic) bond motifs is 1. The second-order valence-electron chi connectivity index (χ2n) is 9.10. The van der Waals surface area contributed by atoms with Crippen LogP contribution < -0.4 is 19.1 Å². The van der Waals surface area contributed by atoms with E-state index in [4.69, 9.17) is 14.2 Å². The second-order valence-corrected chi connectivity index (χ2v) is 10.1. The molecule has 0 spiro atoms. The molecule has 1 atom stereocenters. The van der Waals surface area contributed by atoms with Crippen LogP contribution in [0, 0.1) is 6.92 Å². The van der Waals surface area contributed by atoms with E-state index in [-0.39, 0.29) is 11.3 Å². The molecule has 8 nitrogen and oxygen atoms in total. The Hall–Kier alpha value is -4.37. The molecule has 2 heterocycles. The molecule has 4 aromatic rings. The van der Waals surface area contributed by atoms with Gasteiger partial charge in [-0.05, 0) is 73.0 Å². The number of hydrogen-bond donors (Lipinski definition) is 1. The summed E-state index contributed by atoms with van der Waals surface area (Å²) >= 11 is 1.28. The van der Waals surface area contributed by atoms with Crippen LogP contribution in [0.25, 0.3) is 16.0 Å². The fourth-order valence-corrected chi connectivity index (χ4v) is 5.64. The summed E-state index contributed by atoms with van der Waals surface area (Å²) in [5.41, 5.74) is 2.49. The molecular formula is C30H28N2O6S. The summed E-state index contributed by atoms with van der Waals surface area (Å²) in [6.45, 7) is 4.44. The van der Waals surface area contributed by atoms with Gasteiger partial charge in [0.15, 0.2) is 5.13 Å². The first kappa shape index (κ1) is 26.2. The van der Waals surface area contributed by atoms with E-state index in [2.05, 4.69) is 4.98 Å². The number of anilines is 1. The molecule has 200 valence electrons. The number of rotatable bonds is 8. The Balaban J connectivity index is 1.67. The lowest BCUT2D eigenvalue weighted by Crippen LogP contribution is -2.29. The third-order valence-corrected chi connectivity index (χ3v) is 7.59. The smallest absolute Gasteiger partial charge is 0.301 e. The molecule has 0 saturated carbocycles. The topological polar surface area (TPSA) is 98.2 Å². The molecule has 39 heavy (non-hydrogen) atoms. The van der Waals surface area contributed by atoms with Crippen LogP contribution >= 0.6 is 11.3 Å². The van der Waals surface area contributed by atoms with Crippen molar-refractivity contribution in [2.45, 2.75) is 26.3 Å². The molecule has 0 bridgehead atoms. The number of thiazole rings is 1. The number of aliphatic hydroxyl groups excluding tert-OH is 1. The molecule has 3 aromatic carbocycles. The van der Waals surface area contributed by atoms with Crippen LogP contribution in [0.2, 0.25) is 0 Å². The van der Waals surface area contributed by atoms with E-state index in [0.29, 0.717) is 45.6 Å². The first-order valence-electron chi connectivity index (χ1n) is 12.5. The van der Waals surface area contributed by atoms with Gasteiger partial charge in [0.1, 0.15) is 23.0 Å². The van der Waals surface area contributed by atoms with Gasteiger partial charge < -0.3 is 19.3 Å². The number of carbonyl (C=O) groups is 2. The highest BCUT2D eigenvalue weighted by atomic mass is 32.1. The SMILES string of the molecule is CCCOc1ccc(C2/C(=C(\O)c3ccc(OC)c(C)c3)C(=O)C(=O)N2c2nc3ccc(OC)cc3s2)cc1. The minimum absolute atomic E-state index is 0.0105. The number of hydrogen-bond acceptors (Lipinski definition) is 8. The number of nitrogens with zero attached hydrogens (tertiary/aromatic N) is 2. The van der Waals surface area contributed by atoms with Gasteiger partial charge in [0.2, 0.25) is 0 Å². The van der Waals surface area contributed by atoms with Crippen LogP contribution in [0.1, 0.15) is 36.1 Å². The molecule has 1 aromatic heterocycles. The number of carbonyl (C=O) groups excluding carboxylic acids is 2. The van der Waals surface area contributed by atoms with Crippen molar-refractivity contribution < 1.29 is 28.9 Å². The molecule has 0 radical (unpaired) electrons. The first-order chi connectivity index (χ1) is 18.9. The molecule has 1 aliphatic rings. The standard InChI is InChI=1S/C30H28N2O6S/c1-5-14-38-20-9-6-18(7-10-20)26-25(27(33)19-8-13-23(37-4)17(2)15-19)28(34)29(35)32(26)30-31-22-12-11-21(36-3)16-24(22)39-30/h6-13,15-16,26,33H,5,14H2,1-4H3/b27-25+. The Labute approximate surface area is 230 Å². The van der Waals surface area contributed by atoms with E-state index in [1.807, 2.05) is 19.9 Å². The average molecular weight is 545 g/mol. The molecule has 0 aliphatic carbocycles. The highest BCUT2D eigenvalue weighted by molar-refractivity contribution is 7.22. The first-order valence-corrected chi connectivity index (χ1v) is 13.3. The normalized spacial score (nSPS) is 16.6. The molecule has 5 rings (SSSR count). The number of amides is 1. The van der Waals surface area contributed by atoms with Gasteiger partial charge in [-0.25, -0.2) is 4.98 Å². The quantitative estimate of drug-likeness (QED) is 0.164. The summed E-state index contributed by atoms with van der Waals surface area (Å²) < 4.78 is 17.2. The van der Waals surface area contributed by atoms with Crippen molar-refractivity contribution in [3.8, 4) is 17.2 Å². The maximum absolute atomic E-state index is 13.5. The number of aliphatic hydroxyl groups is 1. The molecule has 1 N–H and O–H groups in total. The number of ether oxygens (including phenoxy) is 3. The zero-order valence-electron chi connectivity index (χ0n) is 22.1. The Morgan fingerprint density at radius 3 is 2.41 bits per heavy atom. The number of aryl methyl sites for hydroxylation is 1. The van der Waals surface area contributed by atoms with Gasteiger partial charge in [-0.1, -0.05) is 30.4 Å². The number of benzene rings is 3. The van der Waals surface area contributed by atoms with E-state index in [0.717, 1.165) is 16.7 Å². The van der Waals surface area contributed by atoms with Gasteiger partial charge in [-0.2, -0.15) is 0 Å². The van der Waals surface area contributed by atoms with Crippen LogP contribution in [0.3, 0.4) is 0 Å². The van der Waals surface area contributed by atoms with Crippen molar-refractivity contribution in [1.29, 1.82) is 0 Å². The van der Waals surface area contributed by atoms with Crippen molar-refractivity contribution in [2.75, 3.05) is 25.7 Å². The van der Waals surface area contributed by atoms with Crippen LogP contribution in [0.15, 0.2) is 66.2 Å². The van der Waals surface area contributed by atoms with Crippen LogP contribution in [0.5, 0.6) is 17.2 Å². The Kier molecular flexibility index (Phi) is 7.26. The second kappa shape index (κ2) is 10.8. The highest BCUT2D eigenvalue weighted by Crippen LogP contribution is 2.45. The number of methoxy groups -OCH3 is 2. The summed E-state index contributed by atoms with van der Waals surface area (Å²) in [5.74, 6) is 0.180. The van der Waals surface area contributed by atoms with Crippen molar-refractivity contribution >= 4 is 44.1 Å². The van der Waals surface area contributed by atoms with E-state index in [1.54, 1.807) is 68.8 Å². The fraction of sp³-hybridized carbons (Fsp3) is 0.233. The average Bonchev–Trinajstić information content (AvgIpc) is 3.49. The van der Waals surface area contributed by atoms with Crippen molar-refractivity contribution in [1.82, 2.24) is 4.98 Å². The monoisotopic (exact) mass is 544 g/mol. The van der Waals surface area contributed by atoms with Gasteiger partial charge in [0.25, 0.3) is 5.78 Å². The molecule has 1 unspecified atom stereocenters. The Morgan fingerprint density at radius 1 is 1.00 bits per heavy atom. The predicted molar refractivity (Wildman–Crippen MR) is 151 cm³/mol. The van der Waals surface area contributed by atoms with E-state index in [1.165, 1.54) is 16.2 Å². The summed E-state index contributed by atoms with van der Waals surface area (Å²) in [5, 5.41) is 11.8. The summed E-state index contributed by atoms with van der Waals surface area (Å²) in [7, 11) is 3.14. The van der Waals surface area contributed by atoms with Crippen LogP contribution in [-0.2, 0) is 9.59 Å². The molecule has 1 aliphatic heterocycles. The number of ketones is 1. The van der Waals surface area contributed by atoms with Gasteiger partial charge in [0.05, 0.1) is 42.7 Å². The molecule has 9 heteroatoms. The highest BCUT2D eigenvalue weighted by Gasteiger charge is 2.48.